The summed E-state index contributed by atoms with van der Waals surface area (Å²) in [6, 6.07) is 5.15. The van der Waals surface area contributed by atoms with E-state index in [4.69, 9.17) is 23.1 Å². The van der Waals surface area contributed by atoms with Crippen molar-refractivity contribution in [2.45, 2.75) is 6.54 Å². The molecule has 0 saturated carbocycles. The number of imidazole rings is 1. The van der Waals surface area contributed by atoms with E-state index in [2.05, 4.69) is 4.98 Å². The van der Waals surface area contributed by atoms with Gasteiger partial charge in [0.1, 0.15) is 6.54 Å². The number of nitrogens with two attached hydrogens (primary N) is 2. The fraction of sp³-hybridized carbons (Fsp3) is 0.111. The molecule has 1 aromatic heterocycles. The first-order chi connectivity index (χ1) is 7.08. The van der Waals surface area contributed by atoms with E-state index in [1.807, 2.05) is 0 Å². The van der Waals surface area contributed by atoms with Crippen molar-refractivity contribution >= 4 is 34.5 Å². The van der Waals surface area contributed by atoms with Crippen LogP contribution in [0.3, 0.4) is 0 Å². The molecule has 0 unspecified atom stereocenters. The van der Waals surface area contributed by atoms with Crippen molar-refractivity contribution in [3.8, 4) is 0 Å². The van der Waals surface area contributed by atoms with Gasteiger partial charge < -0.3 is 16.0 Å². The van der Waals surface area contributed by atoms with E-state index >= 15 is 0 Å². The maximum absolute atomic E-state index is 10.8. The third kappa shape index (κ3) is 1.73. The minimum atomic E-state index is -0.462. The van der Waals surface area contributed by atoms with Gasteiger partial charge in [0.15, 0.2) is 0 Å². The van der Waals surface area contributed by atoms with Crippen LogP contribution < -0.4 is 11.5 Å². The molecule has 6 heteroatoms. The van der Waals surface area contributed by atoms with Crippen molar-refractivity contribution in [2.24, 2.45) is 5.73 Å². The van der Waals surface area contributed by atoms with Gasteiger partial charge in [-0.15, -0.1) is 0 Å². The van der Waals surface area contributed by atoms with E-state index in [0.717, 1.165) is 5.52 Å². The van der Waals surface area contributed by atoms with Crippen LogP contribution in [0.5, 0.6) is 0 Å². The number of amides is 1. The first kappa shape index (κ1) is 9.79. The quantitative estimate of drug-likeness (QED) is 0.790. The molecule has 0 aliphatic carbocycles. The molecule has 0 saturated heterocycles. The van der Waals surface area contributed by atoms with Crippen LogP contribution in [0.1, 0.15) is 0 Å². The Morgan fingerprint density at radius 1 is 1.53 bits per heavy atom. The number of nitrogen functional groups attached to an aromatic ring is 1. The van der Waals surface area contributed by atoms with Crippen molar-refractivity contribution in [1.82, 2.24) is 9.55 Å². The monoisotopic (exact) mass is 224 g/mol. The maximum Gasteiger partial charge on any atom is 0.237 e. The van der Waals surface area contributed by atoms with Crippen molar-refractivity contribution < 1.29 is 4.79 Å². The number of anilines is 1. The van der Waals surface area contributed by atoms with Gasteiger partial charge in [-0.3, -0.25) is 4.79 Å². The lowest BCUT2D eigenvalue weighted by molar-refractivity contribution is -0.118. The smallest absolute Gasteiger partial charge is 0.237 e. The number of benzene rings is 1. The summed E-state index contributed by atoms with van der Waals surface area (Å²) >= 11 is 5.80. The molecular formula is C9H9ClN4O. The fourth-order valence-corrected chi connectivity index (χ4v) is 1.61. The van der Waals surface area contributed by atoms with Crippen molar-refractivity contribution in [2.75, 3.05) is 5.73 Å². The average molecular weight is 225 g/mol. The minimum Gasteiger partial charge on any atom is -0.369 e. The molecule has 0 bridgehead atoms. The summed E-state index contributed by atoms with van der Waals surface area (Å²) in [6.07, 6.45) is 0. The Morgan fingerprint density at radius 2 is 2.27 bits per heavy atom. The third-order valence-corrected chi connectivity index (χ3v) is 2.29. The molecule has 4 N–H and O–H groups in total. The summed E-state index contributed by atoms with van der Waals surface area (Å²) in [4.78, 5) is 14.9. The molecular weight excluding hydrogens is 216 g/mol. The van der Waals surface area contributed by atoms with E-state index in [1.54, 1.807) is 22.8 Å². The molecule has 0 spiro atoms. The number of nitrogens with zero attached hydrogens (tertiary/aromatic N) is 2. The van der Waals surface area contributed by atoms with Gasteiger partial charge in [-0.2, -0.15) is 0 Å². The van der Waals surface area contributed by atoms with Crippen molar-refractivity contribution in [1.29, 1.82) is 0 Å². The Labute approximate surface area is 90.6 Å². The molecule has 0 fully saturated rings. The van der Waals surface area contributed by atoms with Crippen LogP contribution in [0.25, 0.3) is 11.0 Å². The van der Waals surface area contributed by atoms with E-state index in [-0.39, 0.29) is 12.5 Å². The van der Waals surface area contributed by atoms with Gasteiger partial charge in [0.05, 0.1) is 11.0 Å². The fourth-order valence-electron chi connectivity index (χ4n) is 1.44. The van der Waals surface area contributed by atoms with E-state index in [0.29, 0.717) is 10.5 Å². The predicted molar refractivity (Wildman–Crippen MR) is 58.3 cm³/mol. The summed E-state index contributed by atoms with van der Waals surface area (Å²) < 4.78 is 1.55. The van der Waals surface area contributed by atoms with E-state index < -0.39 is 5.91 Å². The SMILES string of the molecule is NC(=O)Cn1c(N)nc2cc(Cl)ccc21. The van der Waals surface area contributed by atoms with E-state index in [9.17, 15) is 4.79 Å². The highest BCUT2D eigenvalue weighted by Gasteiger charge is 2.09. The van der Waals surface area contributed by atoms with Crippen LogP contribution in [-0.4, -0.2) is 15.5 Å². The van der Waals surface area contributed by atoms with Crippen LogP contribution in [0.2, 0.25) is 5.02 Å². The lowest BCUT2D eigenvalue weighted by atomic mass is 10.3. The summed E-state index contributed by atoms with van der Waals surface area (Å²) in [5.74, 6) is -0.206. The number of aromatic nitrogens is 2. The molecule has 78 valence electrons. The van der Waals surface area contributed by atoms with Gasteiger partial charge in [-0.1, -0.05) is 11.6 Å². The number of halogens is 1. The molecule has 0 aliphatic heterocycles. The normalized spacial score (nSPS) is 10.7. The maximum atomic E-state index is 10.8. The van der Waals surface area contributed by atoms with Crippen LogP contribution in [0, 0.1) is 0 Å². The number of carbonyl (C=O) groups excluding carboxylic acids is 1. The lowest BCUT2D eigenvalue weighted by Crippen LogP contribution is -2.19. The Hall–Kier alpha value is -1.75. The molecule has 1 aromatic carbocycles. The van der Waals surface area contributed by atoms with Gasteiger partial charge in [-0.25, -0.2) is 4.98 Å². The van der Waals surface area contributed by atoms with Gasteiger partial charge in [0.2, 0.25) is 11.9 Å². The number of primary amides is 1. The molecule has 1 heterocycles. The Balaban J connectivity index is 2.63. The number of hydrogen-bond acceptors (Lipinski definition) is 3. The van der Waals surface area contributed by atoms with Crippen LogP contribution in [0.4, 0.5) is 5.95 Å². The van der Waals surface area contributed by atoms with Crippen LogP contribution in [-0.2, 0) is 11.3 Å². The summed E-state index contributed by atoms with van der Waals surface area (Å²) in [7, 11) is 0. The van der Waals surface area contributed by atoms with E-state index in [1.165, 1.54) is 0 Å². The number of carbonyl (C=O) groups is 1. The zero-order chi connectivity index (χ0) is 11.0. The molecule has 0 atom stereocenters. The molecule has 2 rings (SSSR count). The van der Waals surface area contributed by atoms with Gasteiger partial charge in [0, 0.05) is 5.02 Å². The molecule has 2 aromatic rings. The zero-order valence-corrected chi connectivity index (χ0v) is 8.53. The predicted octanol–water partition coefficient (Wildman–Crippen LogP) is 0.757. The highest BCUT2D eigenvalue weighted by Crippen LogP contribution is 2.21. The zero-order valence-electron chi connectivity index (χ0n) is 7.77. The van der Waals surface area contributed by atoms with Crippen molar-refractivity contribution in [3.05, 3.63) is 23.2 Å². The third-order valence-electron chi connectivity index (χ3n) is 2.05. The summed E-state index contributed by atoms with van der Waals surface area (Å²) in [5.41, 5.74) is 12.2. The standard InChI is InChI=1S/C9H9ClN4O/c10-5-1-2-7-6(3-5)13-9(12)14(7)4-8(11)15/h1-3H,4H2,(H2,11,15)(H2,12,13). The number of hydrogen-bond donors (Lipinski definition) is 2. The highest BCUT2D eigenvalue weighted by molar-refractivity contribution is 6.31. The summed E-state index contributed by atoms with van der Waals surface area (Å²) in [5, 5.41) is 0.575. The summed E-state index contributed by atoms with van der Waals surface area (Å²) in [6.45, 7) is 0.0178. The Morgan fingerprint density at radius 3 is 2.93 bits per heavy atom. The molecule has 15 heavy (non-hydrogen) atoms. The van der Waals surface area contributed by atoms with Crippen LogP contribution in [0.15, 0.2) is 18.2 Å². The first-order valence-electron chi connectivity index (χ1n) is 4.27. The highest BCUT2D eigenvalue weighted by atomic mass is 35.5. The average Bonchev–Trinajstić information content (AvgIpc) is 2.41. The number of rotatable bonds is 2. The van der Waals surface area contributed by atoms with Gasteiger partial charge in [-0.05, 0) is 18.2 Å². The second-order valence-electron chi connectivity index (χ2n) is 3.16. The largest absolute Gasteiger partial charge is 0.369 e. The number of fused-ring (bicyclic) bond motifs is 1. The molecule has 1 amide bonds. The Kier molecular flexibility index (Phi) is 2.24. The molecule has 5 nitrogen and oxygen atoms in total. The first-order valence-corrected chi connectivity index (χ1v) is 4.65. The second-order valence-corrected chi connectivity index (χ2v) is 3.59. The van der Waals surface area contributed by atoms with Gasteiger partial charge in [0.25, 0.3) is 0 Å². The molecule has 0 aliphatic rings. The van der Waals surface area contributed by atoms with Crippen LogP contribution >= 0.6 is 11.6 Å². The second kappa shape index (κ2) is 3.43. The van der Waals surface area contributed by atoms with Gasteiger partial charge >= 0.3 is 0 Å². The minimum absolute atomic E-state index is 0.0178. The topological polar surface area (TPSA) is 86.9 Å². The van der Waals surface area contributed by atoms with Crippen molar-refractivity contribution in [3.63, 3.8) is 0 Å². The Bertz CT molecular complexity index is 534. The lowest BCUT2D eigenvalue weighted by Gasteiger charge is -2.02. The molecule has 0 radical (unpaired) electrons.